The van der Waals surface area contributed by atoms with E-state index in [-0.39, 0.29) is 12.5 Å². The highest BCUT2D eigenvalue weighted by atomic mass is 16.5. The number of carbonyl (C=O) groups is 3. The predicted molar refractivity (Wildman–Crippen MR) is 101 cm³/mol. The van der Waals surface area contributed by atoms with Crippen LogP contribution >= 0.6 is 0 Å². The molecule has 1 aromatic carbocycles. The molecule has 0 bridgehead atoms. The Morgan fingerprint density at radius 1 is 1.30 bits per heavy atom. The zero-order valence-corrected chi connectivity index (χ0v) is 15.9. The van der Waals surface area contributed by atoms with Crippen molar-refractivity contribution >= 4 is 23.5 Å². The van der Waals surface area contributed by atoms with Crippen LogP contribution < -0.4 is 15.4 Å². The summed E-state index contributed by atoms with van der Waals surface area (Å²) >= 11 is 0. The molecule has 1 aliphatic carbocycles. The highest BCUT2D eigenvalue weighted by molar-refractivity contribution is 6.10. The number of nitrogens with one attached hydrogen (secondary N) is 2. The zero-order valence-electron chi connectivity index (χ0n) is 15.9. The quantitative estimate of drug-likeness (QED) is 0.751. The van der Waals surface area contributed by atoms with Gasteiger partial charge in [0.2, 0.25) is 5.91 Å². The summed E-state index contributed by atoms with van der Waals surface area (Å²) in [7, 11) is 0. The first-order chi connectivity index (χ1) is 12.9. The Morgan fingerprint density at radius 2 is 2.00 bits per heavy atom. The van der Waals surface area contributed by atoms with Crippen LogP contribution in [0.2, 0.25) is 0 Å². The van der Waals surface area contributed by atoms with E-state index in [9.17, 15) is 14.4 Å². The number of ether oxygens (including phenoxy) is 1. The Hall–Kier alpha value is -2.57. The van der Waals surface area contributed by atoms with Crippen molar-refractivity contribution in [2.24, 2.45) is 5.92 Å². The summed E-state index contributed by atoms with van der Waals surface area (Å²) in [5.41, 5.74) is -0.296. The minimum Gasteiger partial charge on any atom is -0.491 e. The molecule has 1 saturated carbocycles. The lowest BCUT2D eigenvalue weighted by Crippen LogP contribution is -2.49. The second kappa shape index (κ2) is 7.98. The number of carbonyl (C=O) groups excluding carboxylic acids is 3. The Balaban J connectivity index is 1.65. The monoisotopic (exact) mass is 373 g/mol. The third-order valence-corrected chi connectivity index (χ3v) is 5.30. The molecule has 1 aliphatic heterocycles. The van der Waals surface area contributed by atoms with Crippen molar-refractivity contribution in [3.05, 3.63) is 24.3 Å². The lowest BCUT2D eigenvalue weighted by molar-refractivity contribution is -0.135. The average molecular weight is 373 g/mol. The summed E-state index contributed by atoms with van der Waals surface area (Å²) in [5, 5.41) is 5.58. The second-order valence-corrected chi connectivity index (χ2v) is 7.48. The molecule has 7 nitrogen and oxygen atoms in total. The van der Waals surface area contributed by atoms with E-state index in [2.05, 4.69) is 17.6 Å². The molecule has 0 radical (unpaired) electrons. The van der Waals surface area contributed by atoms with Crippen LogP contribution in [0.3, 0.4) is 0 Å². The van der Waals surface area contributed by atoms with Gasteiger partial charge in [-0.3, -0.25) is 14.5 Å². The minimum absolute atomic E-state index is 0.287. The summed E-state index contributed by atoms with van der Waals surface area (Å²) in [6, 6.07) is 6.64. The molecule has 1 spiro atoms. The van der Waals surface area contributed by atoms with Gasteiger partial charge in [0.15, 0.2) is 0 Å². The van der Waals surface area contributed by atoms with Crippen molar-refractivity contribution < 1.29 is 19.1 Å². The van der Waals surface area contributed by atoms with Gasteiger partial charge >= 0.3 is 6.03 Å². The fourth-order valence-corrected chi connectivity index (χ4v) is 3.65. The summed E-state index contributed by atoms with van der Waals surface area (Å²) < 4.78 is 5.62. The topological polar surface area (TPSA) is 87.7 Å². The van der Waals surface area contributed by atoms with Crippen molar-refractivity contribution in [2.75, 3.05) is 18.5 Å². The van der Waals surface area contributed by atoms with Crippen LogP contribution in [0.4, 0.5) is 10.5 Å². The lowest BCUT2D eigenvalue weighted by atomic mass is 9.77. The Bertz CT molecular complexity index is 726. The fourth-order valence-electron chi connectivity index (χ4n) is 3.65. The zero-order chi connectivity index (χ0) is 19.4. The van der Waals surface area contributed by atoms with Crippen molar-refractivity contribution in [3.63, 3.8) is 0 Å². The molecule has 27 heavy (non-hydrogen) atoms. The number of para-hydroxylation sites is 2. The van der Waals surface area contributed by atoms with Gasteiger partial charge in [-0.25, -0.2) is 4.79 Å². The molecule has 4 amide bonds. The van der Waals surface area contributed by atoms with E-state index >= 15 is 0 Å². The van der Waals surface area contributed by atoms with Gasteiger partial charge in [0.25, 0.3) is 5.91 Å². The molecular formula is C20H27N3O4. The molecule has 1 saturated heterocycles. The molecule has 2 aliphatic rings. The van der Waals surface area contributed by atoms with Crippen LogP contribution in [0.5, 0.6) is 5.75 Å². The van der Waals surface area contributed by atoms with E-state index in [1.54, 1.807) is 18.2 Å². The first-order valence-electron chi connectivity index (χ1n) is 9.61. The van der Waals surface area contributed by atoms with E-state index in [0.29, 0.717) is 36.8 Å². The minimum atomic E-state index is -0.827. The number of hydrogen-bond donors (Lipinski definition) is 2. The molecule has 0 unspecified atom stereocenters. The van der Waals surface area contributed by atoms with Crippen LogP contribution in [0, 0.1) is 5.92 Å². The van der Waals surface area contributed by atoms with Gasteiger partial charge < -0.3 is 15.4 Å². The molecule has 7 heteroatoms. The lowest BCUT2D eigenvalue weighted by Gasteiger charge is -2.33. The first kappa shape index (κ1) is 19.2. The van der Waals surface area contributed by atoms with E-state index < -0.39 is 17.5 Å². The first-order valence-corrected chi connectivity index (χ1v) is 9.61. The number of anilines is 1. The Morgan fingerprint density at radius 3 is 2.70 bits per heavy atom. The van der Waals surface area contributed by atoms with Gasteiger partial charge in [-0.1, -0.05) is 26.0 Å². The third-order valence-electron chi connectivity index (χ3n) is 5.30. The molecule has 0 aromatic heterocycles. The average Bonchev–Trinajstić information content (AvgIpc) is 2.88. The number of hydrogen-bond acceptors (Lipinski definition) is 4. The molecule has 0 atom stereocenters. The number of benzene rings is 1. The highest BCUT2D eigenvalue weighted by Gasteiger charge is 2.52. The molecule has 2 N–H and O–H groups in total. The van der Waals surface area contributed by atoms with Gasteiger partial charge in [-0.05, 0) is 50.2 Å². The van der Waals surface area contributed by atoms with Gasteiger partial charge in [0, 0.05) is 0 Å². The number of urea groups is 1. The second-order valence-electron chi connectivity index (χ2n) is 7.48. The predicted octanol–water partition coefficient (Wildman–Crippen LogP) is 2.91. The number of nitrogens with zero attached hydrogens (tertiary/aromatic N) is 1. The molecular weight excluding hydrogens is 346 g/mol. The largest absolute Gasteiger partial charge is 0.491 e. The molecule has 1 aromatic rings. The number of rotatable bonds is 6. The summed E-state index contributed by atoms with van der Waals surface area (Å²) in [5.74, 6) is 0.414. The Kier molecular flexibility index (Phi) is 5.68. The van der Waals surface area contributed by atoms with Crippen LogP contribution in [0.1, 0.15) is 46.0 Å². The van der Waals surface area contributed by atoms with Gasteiger partial charge in [0.05, 0.1) is 12.3 Å². The van der Waals surface area contributed by atoms with Crippen molar-refractivity contribution in [1.29, 1.82) is 0 Å². The van der Waals surface area contributed by atoms with Crippen molar-refractivity contribution in [1.82, 2.24) is 10.2 Å². The van der Waals surface area contributed by atoms with Crippen LogP contribution in [0.15, 0.2) is 24.3 Å². The van der Waals surface area contributed by atoms with Crippen LogP contribution in [0.25, 0.3) is 0 Å². The van der Waals surface area contributed by atoms with E-state index in [1.165, 1.54) is 0 Å². The maximum absolute atomic E-state index is 12.8. The molecule has 1 heterocycles. The van der Waals surface area contributed by atoms with E-state index in [0.717, 1.165) is 24.2 Å². The molecule has 2 fully saturated rings. The molecule has 3 rings (SSSR count). The standard InChI is InChI=1S/C20H27N3O4/c1-3-12-27-16-7-5-4-6-15(16)21-17(24)13-23-18(25)20(22-19(23)26)10-8-14(2)9-11-20/h4-7,14H,3,8-13H2,1-2H3,(H,21,24)(H,22,26). The Labute approximate surface area is 159 Å². The molecule has 146 valence electrons. The van der Waals surface area contributed by atoms with Crippen molar-refractivity contribution in [2.45, 2.75) is 51.5 Å². The number of imide groups is 1. The van der Waals surface area contributed by atoms with Crippen molar-refractivity contribution in [3.8, 4) is 5.75 Å². The smallest absolute Gasteiger partial charge is 0.325 e. The van der Waals surface area contributed by atoms with E-state index in [1.807, 2.05) is 13.0 Å². The van der Waals surface area contributed by atoms with E-state index in [4.69, 9.17) is 4.74 Å². The number of amides is 4. The highest BCUT2D eigenvalue weighted by Crippen LogP contribution is 2.36. The summed E-state index contributed by atoms with van der Waals surface area (Å²) in [6.07, 6.45) is 3.91. The van der Waals surface area contributed by atoms with Crippen LogP contribution in [-0.4, -0.2) is 41.4 Å². The third kappa shape index (κ3) is 4.07. The maximum atomic E-state index is 12.8. The maximum Gasteiger partial charge on any atom is 0.325 e. The fraction of sp³-hybridized carbons (Fsp3) is 0.550. The summed E-state index contributed by atoms with van der Waals surface area (Å²) in [4.78, 5) is 38.7. The SMILES string of the molecule is CCCOc1ccccc1NC(=O)CN1C(=O)NC2(CCC(C)CC2)C1=O. The van der Waals surface area contributed by atoms with Gasteiger partial charge in [-0.2, -0.15) is 0 Å². The van der Waals surface area contributed by atoms with Crippen LogP contribution in [-0.2, 0) is 9.59 Å². The van der Waals surface area contributed by atoms with Gasteiger partial charge in [-0.15, -0.1) is 0 Å². The van der Waals surface area contributed by atoms with Gasteiger partial charge in [0.1, 0.15) is 17.8 Å². The normalized spacial score (nSPS) is 24.8. The summed E-state index contributed by atoms with van der Waals surface area (Å²) in [6.45, 7) is 4.39.